The first-order valence-electron chi connectivity index (χ1n) is 7.93. The summed E-state index contributed by atoms with van der Waals surface area (Å²) in [7, 11) is 0. The largest absolute Gasteiger partial charge is 0.479 e. The van der Waals surface area contributed by atoms with Crippen LogP contribution in [0, 0.1) is 6.92 Å². The van der Waals surface area contributed by atoms with Gasteiger partial charge in [-0.25, -0.2) is 0 Å². The van der Waals surface area contributed by atoms with Crippen molar-refractivity contribution < 1.29 is 14.3 Å². The van der Waals surface area contributed by atoms with Crippen LogP contribution in [0.2, 0.25) is 0 Å². The highest BCUT2D eigenvalue weighted by atomic mass is 32.1. The Morgan fingerprint density at radius 3 is 2.88 bits per heavy atom. The number of anilines is 1. The van der Waals surface area contributed by atoms with Crippen molar-refractivity contribution in [2.24, 2.45) is 0 Å². The third-order valence-electron chi connectivity index (χ3n) is 4.05. The van der Waals surface area contributed by atoms with Crippen LogP contribution in [-0.2, 0) is 16.1 Å². The van der Waals surface area contributed by atoms with Crippen LogP contribution < -0.4 is 15.0 Å². The number of carbonyl (C=O) groups is 2. The van der Waals surface area contributed by atoms with Gasteiger partial charge >= 0.3 is 0 Å². The molecule has 126 valence electrons. The summed E-state index contributed by atoms with van der Waals surface area (Å²) in [6.07, 6.45) is -0.270. The highest BCUT2D eigenvalue weighted by Gasteiger charge is 2.31. The number of para-hydroxylation sites is 2. The number of carbonyl (C=O) groups excluding carboxylic acids is 2. The third-order valence-corrected chi connectivity index (χ3v) is 5.07. The number of nitrogens with zero attached hydrogens (tertiary/aromatic N) is 1. The lowest BCUT2D eigenvalue weighted by Gasteiger charge is -2.32. The van der Waals surface area contributed by atoms with Crippen molar-refractivity contribution in [1.82, 2.24) is 5.32 Å². The Bertz CT molecular complexity index is 756. The second-order valence-corrected chi connectivity index (χ2v) is 6.77. The summed E-state index contributed by atoms with van der Waals surface area (Å²) in [4.78, 5) is 27.3. The van der Waals surface area contributed by atoms with E-state index in [4.69, 9.17) is 4.74 Å². The molecular formula is C18H20N2O3S. The molecule has 0 saturated carbocycles. The fraction of sp³-hybridized carbons (Fsp3) is 0.333. The molecule has 1 aromatic carbocycles. The number of nitrogens with one attached hydrogen (secondary N) is 1. The molecule has 24 heavy (non-hydrogen) atoms. The van der Waals surface area contributed by atoms with E-state index < -0.39 is 6.10 Å². The molecule has 1 aromatic heterocycles. The quantitative estimate of drug-likeness (QED) is 0.907. The SMILES string of the molecule is Cc1ccsc1CNC(=O)CCN1C(=O)[C@@H](C)Oc2ccccc21. The minimum Gasteiger partial charge on any atom is -0.479 e. The number of ether oxygens (including phenoxy) is 1. The van der Waals surface area contributed by atoms with Gasteiger partial charge in [0.05, 0.1) is 12.2 Å². The van der Waals surface area contributed by atoms with Crippen molar-refractivity contribution in [3.63, 3.8) is 0 Å². The Labute approximate surface area is 145 Å². The number of benzene rings is 1. The van der Waals surface area contributed by atoms with Crippen LogP contribution in [0.3, 0.4) is 0 Å². The lowest BCUT2D eigenvalue weighted by Crippen LogP contribution is -2.45. The average molecular weight is 344 g/mol. The zero-order valence-electron chi connectivity index (χ0n) is 13.7. The van der Waals surface area contributed by atoms with Gasteiger partial charge in [0, 0.05) is 17.8 Å². The van der Waals surface area contributed by atoms with Crippen LogP contribution in [0.25, 0.3) is 0 Å². The molecule has 5 nitrogen and oxygen atoms in total. The van der Waals surface area contributed by atoms with Crippen LogP contribution in [0.15, 0.2) is 35.7 Å². The van der Waals surface area contributed by atoms with E-state index in [1.54, 1.807) is 23.2 Å². The molecule has 0 fully saturated rings. The Kier molecular flexibility index (Phi) is 4.85. The van der Waals surface area contributed by atoms with E-state index in [1.807, 2.05) is 42.6 Å². The van der Waals surface area contributed by atoms with Gasteiger partial charge in [-0.1, -0.05) is 12.1 Å². The van der Waals surface area contributed by atoms with E-state index in [0.717, 1.165) is 10.6 Å². The molecule has 2 heterocycles. The lowest BCUT2D eigenvalue weighted by molar-refractivity contribution is -0.125. The normalized spacial score (nSPS) is 16.5. The zero-order valence-corrected chi connectivity index (χ0v) is 14.6. The predicted octanol–water partition coefficient (Wildman–Crippen LogP) is 2.88. The monoisotopic (exact) mass is 344 g/mol. The molecular weight excluding hydrogens is 324 g/mol. The number of fused-ring (bicyclic) bond motifs is 1. The van der Waals surface area contributed by atoms with Crippen LogP contribution in [-0.4, -0.2) is 24.5 Å². The molecule has 3 rings (SSSR count). The van der Waals surface area contributed by atoms with E-state index in [0.29, 0.717) is 18.8 Å². The van der Waals surface area contributed by atoms with Gasteiger partial charge in [-0.2, -0.15) is 0 Å². The van der Waals surface area contributed by atoms with E-state index in [1.165, 1.54) is 5.56 Å². The molecule has 6 heteroatoms. The summed E-state index contributed by atoms with van der Waals surface area (Å²) in [6, 6.07) is 9.45. The summed E-state index contributed by atoms with van der Waals surface area (Å²) >= 11 is 1.63. The minimum atomic E-state index is -0.531. The van der Waals surface area contributed by atoms with Crippen molar-refractivity contribution in [2.75, 3.05) is 11.4 Å². The summed E-state index contributed by atoms with van der Waals surface area (Å²) in [5, 5.41) is 4.93. The first kappa shape index (κ1) is 16.5. The highest BCUT2D eigenvalue weighted by Crippen LogP contribution is 2.33. The molecule has 1 aliphatic rings. The Hall–Kier alpha value is -2.34. The van der Waals surface area contributed by atoms with E-state index in [2.05, 4.69) is 5.32 Å². The van der Waals surface area contributed by atoms with Gasteiger partial charge in [-0.05, 0) is 43.0 Å². The fourth-order valence-corrected chi connectivity index (χ4v) is 3.50. The number of hydrogen-bond acceptors (Lipinski definition) is 4. The highest BCUT2D eigenvalue weighted by molar-refractivity contribution is 7.10. The summed E-state index contributed by atoms with van der Waals surface area (Å²) < 4.78 is 5.60. The van der Waals surface area contributed by atoms with Crippen molar-refractivity contribution in [2.45, 2.75) is 32.9 Å². The van der Waals surface area contributed by atoms with Crippen molar-refractivity contribution in [3.05, 3.63) is 46.2 Å². The maximum atomic E-state index is 12.4. The molecule has 0 unspecified atom stereocenters. The van der Waals surface area contributed by atoms with Gasteiger partial charge in [-0.3, -0.25) is 9.59 Å². The molecule has 0 spiro atoms. The molecule has 2 aromatic rings. The Morgan fingerprint density at radius 2 is 2.12 bits per heavy atom. The summed E-state index contributed by atoms with van der Waals surface area (Å²) in [6.45, 7) is 4.64. The van der Waals surface area contributed by atoms with Gasteiger partial charge in [0.1, 0.15) is 5.75 Å². The van der Waals surface area contributed by atoms with E-state index in [-0.39, 0.29) is 18.2 Å². The number of hydrogen-bond donors (Lipinski definition) is 1. The van der Waals surface area contributed by atoms with Crippen molar-refractivity contribution >= 4 is 28.8 Å². The van der Waals surface area contributed by atoms with E-state index in [9.17, 15) is 9.59 Å². The first-order valence-corrected chi connectivity index (χ1v) is 8.81. The second kappa shape index (κ2) is 7.05. The molecule has 2 amide bonds. The lowest BCUT2D eigenvalue weighted by atomic mass is 10.1. The van der Waals surface area contributed by atoms with Gasteiger partial charge in [0.2, 0.25) is 5.91 Å². The minimum absolute atomic E-state index is 0.0628. The number of rotatable bonds is 5. The molecule has 0 saturated heterocycles. The molecule has 1 N–H and O–H groups in total. The molecule has 1 atom stereocenters. The van der Waals surface area contributed by atoms with Gasteiger partial charge < -0.3 is 15.0 Å². The molecule has 1 aliphatic heterocycles. The van der Waals surface area contributed by atoms with Crippen LogP contribution in [0.1, 0.15) is 23.8 Å². The second-order valence-electron chi connectivity index (χ2n) is 5.77. The maximum absolute atomic E-state index is 12.4. The zero-order chi connectivity index (χ0) is 17.1. The molecule has 0 bridgehead atoms. The first-order chi connectivity index (χ1) is 11.6. The maximum Gasteiger partial charge on any atom is 0.267 e. The Balaban J connectivity index is 1.60. The fourth-order valence-electron chi connectivity index (χ4n) is 2.66. The van der Waals surface area contributed by atoms with Crippen LogP contribution in [0.4, 0.5) is 5.69 Å². The number of amides is 2. The number of aryl methyl sites for hydroxylation is 1. The van der Waals surface area contributed by atoms with Crippen molar-refractivity contribution in [1.29, 1.82) is 0 Å². The molecule has 0 aliphatic carbocycles. The van der Waals surface area contributed by atoms with Crippen LogP contribution in [0.5, 0.6) is 5.75 Å². The van der Waals surface area contributed by atoms with E-state index >= 15 is 0 Å². The Morgan fingerprint density at radius 1 is 1.33 bits per heavy atom. The average Bonchev–Trinajstić information content (AvgIpc) is 2.98. The van der Waals surface area contributed by atoms with Crippen LogP contribution >= 0.6 is 11.3 Å². The van der Waals surface area contributed by atoms with Gasteiger partial charge in [0.25, 0.3) is 5.91 Å². The predicted molar refractivity (Wildman–Crippen MR) is 94.4 cm³/mol. The summed E-state index contributed by atoms with van der Waals surface area (Å²) in [5.41, 5.74) is 1.91. The summed E-state index contributed by atoms with van der Waals surface area (Å²) in [5.74, 6) is 0.502. The molecule has 0 radical (unpaired) electrons. The third kappa shape index (κ3) is 3.43. The van der Waals surface area contributed by atoms with Gasteiger partial charge in [-0.15, -0.1) is 11.3 Å². The topological polar surface area (TPSA) is 58.6 Å². The van der Waals surface area contributed by atoms with Crippen molar-refractivity contribution in [3.8, 4) is 5.75 Å². The smallest absolute Gasteiger partial charge is 0.267 e. The van der Waals surface area contributed by atoms with Gasteiger partial charge in [0.15, 0.2) is 6.10 Å². The number of thiophene rings is 1. The standard InChI is InChI=1S/C18H20N2O3S/c1-12-8-10-24-16(12)11-19-17(21)7-9-20-14-5-3-4-6-15(14)23-13(2)18(20)22/h3-6,8,10,13H,7,9,11H2,1-2H3,(H,19,21)/t13-/m1/s1.